The summed E-state index contributed by atoms with van der Waals surface area (Å²) in [5, 5.41) is 9.44. The van der Waals surface area contributed by atoms with Crippen LogP contribution in [-0.4, -0.2) is 33.9 Å². The van der Waals surface area contributed by atoms with Crippen LogP contribution in [0.5, 0.6) is 11.6 Å². The summed E-state index contributed by atoms with van der Waals surface area (Å²) in [4.78, 5) is 9.59. The Bertz CT molecular complexity index is 1850. The molecule has 0 saturated carbocycles. The summed E-state index contributed by atoms with van der Waals surface area (Å²) in [7, 11) is 0. The number of pyridine rings is 1. The number of rotatable bonds is 4. The molecule has 3 aromatic carbocycles. The summed E-state index contributed by atoms with van der Waals surface area (Å²) in [5.41, 5.74) is 7.16. The molecule has 7 rings (SSSR count). The van der Waals surface area contributed by atoms with E-state index >= 15 is 4.39 Å². The lowest BCUT2D eigenvalue weighted by molar-refractivity contribution is -0.0589. The van der Waals surface area contributed by atoms with Crippen molar-refractivity contribution in [1.29, 1.82) is 5.26 Å². The number of halogens is 1. The van der Waals surface area contributed by atoms with E-state index in [0.717, 1.165) is 52.1 Å². The second-order valence-corrected chi connectivity index (χ2v) is 10.9. The van der Waals surface area contributed by atoms with Crippen molar-refractivity contribution in [2.24, 2.45) is 0 Å². The van der Waals surface area contributed by atoms with E-state index in [9.17, 15) is 5.26 Å². The standard InChI is InChI=1S/C34H29FN4O3/c1-21-5-8-30-31(13-21)39(19-26-10-12-40-26)33(37-30)17-25-16-28(35)27-15-23(25)9-11-41-32-14-22(18-36)6-7-24(32)20-42-34-4-2-3-29(27)38-34/h2-8,13-16,26H,9-12,17,19-20H2,1H3. The third-order valence-electron chi connectivity index (χ3n) is 8.00. The molecule has 2 aliphatic heterocycles. The maximum atomic E-state index is 15.8. The van der Waals surface area contributed by atoms with Gasteiger partial charge in [-0.2, -0.15) is 5.26 Å². The molecule has 1 atom stereocenters. The maximum absolute atomic E-state index is 15.8. The number of ether oxygens (including phenoxy) is 3. The van der Waals surface area contributed by atoms with E-state index in [-0.39, 0.29) is 18.5 Å². The fraction of sp³-hybridized carbons (Fsp3) is 0.265. The molecule has 1 saturated heterocycles. The van der Waals surface area contributed by atoms with E-state index in [0.29, 0.717) is 54.4 Å². The number of hydrogen-bond donors (Lipinski definition) is 0. The molecule has 5 aromatic rings. The molecule has 1 fully saturated rings. The van der Waals surface area contributed by atoms with Gasteiger partial charge < -0.3 is 18.8 Å². The molecule has 0 aliphatic carbocycles. The first-order valence-electron chi connectivity index (χ1n) is 14.2. The average Bonchev–Trinajstić information content (AvgIpc) is 3.30. The monoisotopic (exact) mass is 560 g/mol. The zero-order chi connectivity index (χ0) is 28.6. The molecule has 0 radical (unpaired) electrons. The van der Waals surface area contributed by atoms with Crippen molar-refractivity contribution >= 4 is 11.0 Å². The molecule has 0 spiro atoms. The summed E-state index contributed by atoms with van der Waals surface area (Å²) < 4.78 is 36.0. The number of aromatic nitrogens is 3. The molecule has 0 amide bonds. The number of hydrogen-bond acceptors (Lipinski definition) is 6. The zero-order valence-corrected chi connectivity index (χ0v) is 23.3. The fourth-order valence-corrected chi connectivity index (χ4v) is 5.62. The smallest absolute Gasteiger partial charge is 0.214 e. The molecule has 0 N–H and O–H groups in total. The highest BCUT2D eigenvalue weighted by atomic mass is 19.1. The van der Waals surface area contributed by atoms with E-state index in [4.69, 9.17) is 19.2 Å². The van der Waals surface area contributed by atoms with Crippen molar-refractivity contribution in [1.82, 2.24) is 14.5 Å². The molecule has 4 heterocycles. The van der Waals surface area contributed by atoms with Gasteiger partial charge in [0.15, 0.2) is 0 Å². The van der Waals surface area contributed by atoms with Gasteiger partial charge in [-0.3, -0.25) is 0 Å². The Kier molecular flexibility index (Phi) is 6.80. The Morgan fingerprint density at radius 3 is 2.74 bits per heavy atom. The Morgan fingerprint density at radius 2 is 1.90 bits per heavy atom. The SMILES string of the molecule is Cc1ccc2nc(Cc3cc(F)c4cc3CCOc3cc(C#N)ccc3COc3cccc-4n3)n(CC3CCO3)c2c1. The van der Waals surface area contributed by atoms with Gasteiger partial charge in [0.1, 0.15) is 24.0 Å². The van der Waals surface area contributed by atoms with E-state index < -0.39 is 0 Å². The second kappa shape index (κ2) is 10.9. The van der Waals surface area contributed by atoms with Crippen LogP contribution in [0.25, 0.3) is 22.3 Å². The zero-order valence-electron chi connectivity index (χ0n) is 23.3. The molecule has 42 heavy (non-hydrogen) atoms. The quantitative estimate of drug-likeness (QED) is 0.256. The highest BCUT2D eigenvalue weighted by Gasteiger charge is 2.23. The first kappa shape index (κ1) is 26.2. The first-order valence-corrected chi connectivity index (χ1v) is 14.2. The second-order valence-electron chi connectivity index (χ2n) is 10.9. The van der Waals surface area contributed by atoms with Crippen LogP contribution < -0.4 is 9.47 Å². The van der Waals surface area contributed by atoms with Crippen LogP contribution in [-0.2, 0) is 30.7 Å². The lowest BCUT2D eigenvalue weighted by Gasteiger charge is -2.27. The van der Waals surface area contributed by atoms with Crippen LogP contribution in [0, 0.1) is 24.1 Å². The van der Waals surface area contributed by atoms with Crippen LogP contribution in [0.3, 0.4) is 0 Å². The molecule has 2 aliphatic rings. The van der Waals surface area contributed by atoms with Gasteiger partial charge in [0, 0.05) is 36.6 Å². The molecule has 1 unspecified atom stereocenters. The molecule has 210 valence electrons. The molecule has 7 nitrogen and oxygen atoms in total. The molecule has 2 aromatic heterocycles. The lowest BCUT2D eigenvalue weighted by atomic mass is 9.96. The van der Waals surface area contributed by atoms with Gasteiger partial charge in [0.05, 0.1) is 47.6 Å². The largest absolute Gasteiger partial charge is 0.493 e. The van der Waals surface area contributed by atoms with Gasteiger partial charge in [-0.25, -0.2) is 14.4 Å². The van der Waals surface area contributed by atoms with Crippen molar-refractivity contribution < 1.29 is 18.6 Å². The van der Waals surface area contributed by atoms with Gasteiger partial charge in [-0.15, -0.1) is 0 Å². The minimum atomic E-state index is -0.350. The van der Waals surface area contributed by atoms with Gasteiger partial charge in [0.25, 0.3) is 0 Å². The molecule has 8 heteroatoms. The number of nitriles is 1. The summed E-state index contributed by atoms with van der Waals surface area (Å²) >= 11 is 0. The lowest BCUT2D eigenvalue weighted by Crippen LogP contribution is -2.31. The minimum Gasteiger partial charge on any atom is -0.493 e. The molecular weight excluding hydrogens is 531 g/mol. The maximum Gasteiger partial charge on any atom is 0.214 e. The first-order chi connectivity index (χ1) is 20.5. The number of fused-ring (bicyclic) bond motifs is 7. The van der Waals surface area contributed by atoms with E-state index in [1.807, 2.05) is 24.3 Å². The Hall–Kier alpha value is -4.74. The highest BCUT2D eigenvalue weighted by molar-refractivity contribution is 5.77. The normalized spacial score (nSPS) is 16.1. The number of nitrogens with zero attached hydrogens (tertiary/aromatic N) is 4. The molecular formula is C34H29FN4O3. The average molecular weight is 561 g/mol. The number of benzene rings is 3. The van der Waals surface area contributed by atoms with Crippen LogP contribution >= 0.6 is 0 Å². The van der Waals surface area contributed by atoms with Gasteiger partial charge in [-0.05, 0) is 72.5 Å². The van der Waals surface area contributed by atoms with Crippen LogP contribution in [0.1, 0.15) is 40.1 Å². The Balaban J connectivity index is 1.30. The highest BCUT2D eigenvalue weighted by Crippen LogP contribution is 2.31. The predicted octanol–water partition coefficient (Wildman–Crippen LogP) is 6.31. The van der Waals surface area contributed by atoms with Crippen molar-refractivity contribution in [3.8, 4) is 29.0 Å². The van der Waals surface area contributed by atoms with Gasteiger partial charge in [-0.1, -0.05) is 18.2 Å². The fourth-order valence-electron chi connectivity index (χ4n) is 5.62. The Morgan fingerprint density at radius 1 is 1.00 bits per heavy atom. The predicted molar refractivity (Wildman–Crippen MR) is 156 cm³/mol. The number of aryl methyl sites for hydroxylation is 1. The van der Waals surface area contributed by atoms with E-state index in [1.165, 1.54) is 0 Å². The van der Waals surface area contributed by atoms with Crippen LogP contribution in [0.2, 0.25) is 0 Å². The van der Waals surface area contributed by atoms with Crippen LogP contribution in [0.15, 0.2) is 66.7 Å². The minimum absolute atomic E-state index is 0.155. The van der Waals surface area contributed by atoms with E-state index in [1.54, 1.807) is 30.3 Å². The number of imidazole rings is 1. The van der Waals surface area contributed by atoms with E-state index in [2.05, 4.69) is 34.7 Å². The van der Waals surface area contributed by atoms with Crippen molar-refractivity contribution in [3.63, 3.8) is 0 Å². The summed E-state index contributed by atoms with van der Waals surface area (Å²) in [6.07, 6.45) is 2.16. The van der Waals surface area contributed by atoms with Crippen LogP contribution in [0.4, 0.5) is 4.39 Å². The third kappa shape index (κ3) is 5.08. The Labute approximate surface area is 243 Å². The van der Waals surface area contributed by atoms with Crippen molar-refractivity contribution in [3.05, 3.63) is 106 Å². The summed E-state index contributed by atoms with van der Waals surface area (Å²) in [6.45, 7) is 4.12. The third-order valence-corrected chi connectivity index (χ3v) is 8.00. The summed E-state index contributed by atoms with van der Waals surface area (Å²) in [6, 6.07) is 22.6. The van der Waals surface area contributed by atoms with Crippen molar-refractivity contribution in [2.45, 2.75) is 45.4 Å². The van der Waals surface area contributed by atoms with Gasteiger partial charge >= 0.3 is 0 Å². The topological polar surface area (TPSA) is 82.2 Å². The van der Waals surface area contributed by atoms with Gasteiger partial charge in [0.2, 0.25) is 5.88 Å². The molecule has 4 bridgehead atoms. The summed E-state index contributed by atoms with van der Waals surface area (Å²) in [5.74, 6) is 1.49. The van der Waals surface area contributed by atoms with Crippen molar-refractivity contribution in [2.75, 3.05) is 13.2 Å².